The number of furan rings is 1. The zero-order valence-corrected chi connectivity index (χ0v) is 11.5. The van der Waals surface area contributed by atoms with Gasteiger partial charge in [-0.05, 0) is 19.1 Å². The molecule has 0 amide bonds. The predicted molar refractivity (Wildman–Crippen MR) is 73.2 cm³/mol. The first-order chi connectivity index (χ1) is 10.1. The molecule has 6 nitrogen and oxygen atoms in total. The molecule has 1 aromatic rings. The lowest BCUT2D eigenvalue weighted by Gasteiger charge is -2.25. The molecule has 1 aliphatic rings. The van der Waals surface area contributed by atoms with Crippen molar-refractivity contribution in [3.63, 3.8) is 0 Å². The van der Waals surface area contributed by atoms with E-state index in [1.54, 1.807) is 19.1 Å². The van der Waals surface area contributed by atoms with Crippen LogP contribution in [-0.2, 0) is 14.3 Å². The van der Waals surface area contributed by atoms with E-state index in [1.807, 2.05) is 6.07 Å². The van der Waals surface area contributed by atoms with E-state index >= 15 is 0 Å². The van der Waals surface area contributed by atoms with Crippen molar-refractivity contribution in [2.45, 2.75) is 12.8 Å². The molecule has 0 unspecified atom stereocenters. The van der Waals surface area contributed by atoms with E-state index in [0.29, 0.717) is 5.76 Å². The summed E-state index contributed by atoms with van der Waals surface area (Å²) in [6, 6.07) is 5.29. The van der Waals surface area contributed by atoms with Crippen molar-refractivity contribution in [2.75, 3.05) is 6.61 Å². The molecule has 0 fully saturated rings. The molecule has 0 saturated heterocycles. The number of carbonyl (C=O) groups excluding carboxylic acids is 1. The Morgan fingerprint density at radius 1 is 1.67 bits per heavy atom. The summed E-state index contributed by atoms with van der Waals surface area (Å²) in [5, 5.41) is 9.29. The summed E-state index contributed by atoms with van der Waals surface area (Å²) in [4.78, 5) is 12.2. The van der Waals surface area contributed by atoms with E-state index in [0.717, 1.165) is 0 Å². The molecule has 0 radical (unpaired) electrons. The predicted octanol–water partition coefficient (Wildman–Crippen LogP) is 2.09. The van der Waals surface area contributed by atoms with Crippen molar-refractivity contribution in [1.29, 1.82) is 5.26 Å². The lowest BCUT2D eigenvalue weighted by atomic mass is 9.87. The van der Waals surface area contributed by atoms with Crippen LogP contribution in [0.15, 0.2) is 58.3 Å². The lowest BCUT2D eigenvalue weighted by molar-refractivity contribution is -0.138. The second-order valence-corrected chi connectivity index (χ2v) is 4.30. The highest BCUT2D eigenvalue weighted by molar-refractivity contribution is 5.92. The van der Waals surface area contributed by atoms with Crippen LogP contribution in [0.1, 0.15) is 18.6 Å². The molecule has 0 spiro atoms. The molecular weight excluding hydrogens is 272 g/mol. The van der Waals surface area contributed by atoms with E-state index in [1.165, 1.54) is 12.3 Å². The van der Waals surface area contributed by atoms with E-state index in [-0.39, 0.29) is 29.4 Å². The number of nitriles is 1. The van der Waals surface area contributed by atoms with Crippen molar-refractivity contribution >= 4 is 5.97 Å². The summed E-state index contributed by atoms with van der Waals surface area (Å²) >= 11 is 0. The van der Waals surface area contributed by atoms with Gasteiger partial charge in [0.05, 0.1) is 17.8 Å². The SMILES string of the molecule is C=CCOC(=O)C1=C(C)OC(N)=C(C#N)[C@H]1c1ccco1. The van der Waals surface area contributed by atoms with Gasteiger partial charge in [-0.3, -0.25) is 0 Å². The Labute approximate surface area is 121 Å². The first-order valence-electron chi connectivity index (χ1n) is 6.20. The van der Waals surface area contributed by atoms with Crippen LogP contribution < -0.4 is 5.73 Å². The van der Waals surface area contributed by atoms with Crippen LogP contribution in [0.4, 0.5) is 0 Å². The van der Waals surface area contributed by atoms with E-state index < -0.39 is 11.9 Å². The van der Waals surface area contributed by atoms with Gasteiger partial charge in [-0.25, -0.2) is 4.79 Å². The smallest absolute Gasteiger partial charge is 0.338 e. The monoisotopic (exact) mass is 286 g/mol. The third-order valence-corrected chi connectivity index (χ3v) is 2.99. The summed E-state index contributed by atoms with van der Waals surface area (Å²) < 4.78 is 15.7. The zero-order valence-electron chi connectivity index (χ0n) is 11.5. The van der Waals surface area contributed by atoms with Crippen LogP contribution in [0.3, 0.4) is 0 Å². The zero-order chi connectivity index (χ0) is 15.4. The van der Waals surface area contributed by atoms with Gasteiger partial charge < -0.3 is 19.6 Å². The van der Waals surface area contributed by atoms with Crippen LogP contribution in [0, 0.1) is 11.3 Å². The Balaban J connectivity index is 2.49. The summed E-state index contributed by atoms with van der Waals surface area (Å²) in [6.45, 7) is 5.13. The van der Waals surface area contributed by atoms with Gasteiger partial charge in [0.15, 0.2) is 0 Å². The molecule has 2 heterocycles. The van der Waals surface area contributed by atoms with Crippen LogP contribution in [0.5, 0.6) is 0 Å². The fourth-order valence-corrected chi connectivity index (χ4v) is 2.10. The van der Waals surface area contributed by atoms with Crippen molar-refractivity contribution in [3.05, 3.63) is 59.6 Å². The summed E-state index contributed by atoms with van der Waals surface area (Å²) in [7, 11) is 0. The van der Waals surface area contributed by atoms with Gasteiger partial charge in [0, 0.05) is 0 Å². The van der Waals surface area contributed by atoms with Gasteiger partial charge in [-0.1, -0.05) is 12.7 Å². The summed E-state index contributed by atoms with van der Waals surface area (Å²) in [5.41, 5.74) is 6.03. The summed E-state index contributed by atoms with van der Waals surface area (Å²) in [6.07, 6.45) is 2.91. The molecular formula is C15H14N2O4. The van der Waals surface area contributed by atoms with Gasteiger partial charge >= 0.3 is 5.97 Å². The average Bonchev–Trinajstić information content (AvgIpc) is 2.97. The third-order valence-electron chi connectivity index (χ3n) is 2.99. The maximum atomic E-state index is 12.2. The number of hydrogen-bond donors (Lipinski definition) is 1. The number of carbonyl (C=O) groups is 1. The molecule has 0 aliphatic carbocycles. The molecule has 1 aromatic heterocycles. The molecule has 21 heavy (non-hydrogen) atoms. The third kappa shape index (κ3) is 2.67. The molecule has 1 aliphatic heterocycles. The normalized spacial score (nSPS) is 18.0. The quantitative estimate of drug-likeness (QED) is 0.672. The second-order valence-electron chi connectivity index (χ2n) is 4.30. The Bertz CT molecular complexity index is 662. The van der Waals surface area contributed by atoms with Crippen molar-refractivity contribution in [2.24, 2.45) is 5.73 Å². The van der Waals surface area contributed by atoms with Gasteiger partial charge in [0.1, 0.15) is 29.8 Å². The Morgan fingerprint density at radius 3 is 3.00 bits per heavy atom. The Morgan fingerprint density at radius 2 is 2.43 bits per heavy atom. The highest BCUT2D eigenvalue weighted by Gasteiger charge is 2.37. The highest BCUT2D eigenvalue weighted by atomic mass is 16.5. The minimum absolute atomic E-state index is 0.0447. The van der Waals surface area contributed by atoms with Gasteiger partial charge in [0.25, 0.3) is 0 Å². The number of nitrogens with two attached hydrogens (primary N) is 1. The number of allylic oxidation sites excluding steroid dienone is 2. The van der Waals surface area contributed by atoms with E-state index in [2.05, 4.69) is 6.58 Å². The minimum Gasteiger partial charge on any atom is -0.468 e. The number of ether oxygens (including phenoxy) is 2. The average molecular weight is 286 g/mol. The van der Waals surface area contributed by atoms with Crippen LogP contribution in [0.2, 0.25) is 0 Å². The van der Waals surface area contributed by atoms with Crippen molar-refractivity contribution in [1.82, 2.24) is 0 Å². The molecule has 2 rings (SSSR count). The molecule has 0 aromatic carbocycles. The van der Waals surface area contributed by atoms with Gasteiger partial charge in [0.2, 0.25) is 5.88 Å². The van der Waals surface area contributed by atoms with Crippen molar-refractivity contribution in [3.8, 4) is 6.07 Å². The number of nitrogens with zero attached hydrogens (tertiary/aromatic N) is 1. The van der Waals surface area contributed by atoms with Crippen molar-refractivity contribution < 1.29 is 18.7 Å². The molecule has 2 N–H and O–H groups in total. The van der Waals surface area contributed by atoms with Gasteiger partial charge in [-0.2, -0.15) is 5.26 Å². The fraction of sp³-hybridized carbons (Fsp3) is 0.200. The standard InChI is InChI=1S/C15H14N2O4/c1-3-6-20-15(18)12-9(2)21-14(17)10(8-16)13(12)11-5-4-7-19-11/h3-5,7,13H,1,6,17H2,2H3/t13-/m0/s1. The van der Waals surface area contributed by atoms with E-state index in [4.69, 9.17) is 19.6 Å². The van der Waals surface area contributed by atoms with Crippen LogP contribution in [-0.4, -0.2) is 12.6 Å². The second kappa shape index (κ2) is 6.01. The maximum Gasteiger partial charge on any atom is 0.338 e. The Hall–Kier alpha value is -2.94. The fourth-order valence-electron chi connectivity index (χ4n) is 2.10. The molecule has 6 heteroatoms. The first-order valence-corrected chi connectivity index (χ1v) is 6.20. The number of rotatable bonds is 4. The van der Waals surface area contributed by atoms with Crippen LogP contribution in [0.25, 0.3) is 0 Å². The largest absolute Gasteiger partial charge is 0.468 e. The van der Waals surface area contributed by atoms with E-state index in [9.17, 15) is 10.1 Å². The highest BCUT2D eigenvalue weighted by Crippen LogP contribution is 2.39. The summed E-state index contributed by atoms with van der Waals surface area (Å²) in [5.74, 6) is -0.688. The number of esters is 1. The molecule has 1 atom stereocenters. The van der Waals surface area contributed by atoms with Gasteiger partial charge in [-0.15, -0.1) is 0 Å². The Kier molecular flexibility index (Phi) is 4.14. The molecule has 108 valence electrons. The minimum atomic E-state index is -0.740. The molecule has 0 saturated carbocycles. The first kappa shape index (κ1) is 14.5. The maximum absolute atomic E-state index is 12.2. The van der Waals surface area contributed by atoms with Crippen LogP contribution >= 0.6 is 0 Å². The number of hydrogen-bond acceptors (Lipinski definition) is 6. The topological polar surface area (TPSA) is 98.5 Å². The lowest BCUT2D eigenvalue weighted by Crippen LogP contribution is -2.25. The molecule has 0 bridgehead atoms.